The van der Waals surface area contributed by atoms with E-state index in [2.05, 4.69) is 0 Å². The molecule has 25 heteroatoms. The molecule has 0 bridgehead atoms. The lowest BCUT2D eigenvalue weighted by Gasteiger charge is -2.51. The number of Topliss-reactive ketones (excluding diaryl/α,β-unsaturated/α-hetero) is 4. The van der Waals surface area contributed by atoms with Crippen LogP contribution in [0, 0.1) is 11.3 Å². The van der Waals surface area contributed by atoms with E-state index in [1.807, 2.05) is 13.8 Å². The number of hydrogen-bond acceptors (Lipinski definition) is 24. The Morgan fingerprint density at radius 2 is 1.03 bits per heavy atom. The Morgan fingerprint density at radius 1 is 0.598 bits per heavy atom. The number of ketones is 5. The van der Waals surface area contributed by atoms with Crippen LogP contribution in [0.3, 0.4) is 0 Å². The lowest BCUT2D eigenvalue weighted by atomic mass is 9.62. The number of phenols is 1. The maximum atomic E-state index is 15.6. The standard InChI is InChI=1S/C62H82O25/c1-26(63)50-55(68)56(35-24-33-23-34-52(37(65)25-43(74-10)53(34)66)54(67)51(33)58(70)62(35,57(50)69)87-49-22-16-41(31(6)80-49)81-44-17-11-36(64)27(2)75-44)86-48-21-14-40(30(5)79-48)84-46-19-12-38(28(3)77-46)82-45-18-13-39(29(4)76-45)83-47-20-15-42(32(7)78-47)85-60(73)61(8,9)59(71)72/h23,25,27-32,35-36,38-42,44-49,56,64,67,69H,11-22,24H2,1-10H3,(H,71,72)/t27-,28+,29+,30-,31-,32+,35-,36+,38+,39+,40+,41+,42+,44+,45+,46+,47+,48+,49+,56-,62+/m1/s1. The van der Waals surface area contributed by atoms with Crippen molar-refractivity contribution in [2.45, 2.75) is 268 Å². The summed E-state index contributed by atoms with van der Waals surface area (Å²) in [5.74, 6) is -10.3. The molecule has 6 aliphatic heterocycles. The Kier molecular flexibility index (Phi) is 19.4. The van der Waals surface area contributed by atoms with Gasteiger partial charge in [-0.05, 0) is 119 Å². The number of hydrogen-bond donors (Lipinski definition) is 4. The number of aromatic hydroxyl groups is 1. The molecule has 0 radical (unpaired) electrons. The number of esters is 1. The first-order valence-corrected chi connectivity index (χ1v) is 30.5. The molecule has 0 amide bonds. The van der Waals surface area contributed by atoms with Crippen molar-refractivity contribution in [1.82, 2.24) is 0 Å². The molecule has 0 saturated carbocycles. The number of benzene rings is 1. The van der Waals surface area contributed by atoms with Crippen LogP contribution >= 0.6 is 0 Å². The number of carbonyl (C=O) groups is 7. The van der Waals surface area contributed by atoms with Crippen molar-refractivity contribution in [2.24, 2.45) is 11.3 Å². The highest BCUT2D eigenvalue weighted by atomic mass is 16.8. The second-order valence-electron chi connectivity index (χ2n) is 25.0. The average Bonchev–Trinajstić information content (AvgIpc) is 0.710. The molecule has 9 aliphatic rings. The van der Waals surface area contributed by atoms with Crippen molar-refractivity contribution in [3.63, 3.8) is 0 Å². The van der Waals surface area contributed by atoms with Gasteiger partial charge in [0.2, 0.25) is 11.6 Å². The number of carboxylic acid groups (broad SMARTS) is 1. The summed E-state index contributed by atoms with van der Waals surface area (Å²) in [5, 5.41) is 44.0. The topological polar surface area (TPSA) is 330 Å². The summed E-state index contributed by atoms with van der Waals surface area (Å²) in [6.07, 6.45) is -7.08. The van der Waals surface area contributed by atoms with E-state index in [1.165, 1.54) is 27.0 Å². The fraction of sp³-hybridized carbons (Fsp3) is 0.726. The SMILES string of the molecule is COC1=CC(=O)c2c(cc3c(c2O)C(=O)[C@@]2(O[C@H]4CC[C@H](O[C@H]5CC[C@H](O)[C@@H](C)O5)[C@@H](C)O4)C(O)=C(C(C)=O)C(=O)[C@H](O[C@H]4CC[C@H](O[C@H]5CC[C@H](O[C@H]6CC[C@H](O[C@H]7CC[C@H](OC(=O)C(C)(C)C(=O)O)[C@H](C)O7)[C@H](C)O6)[C@H](C)O5)[C@@H](C)O4)[C@H]2C3)C1=O. The van der Waals surface area contributed by atoms with Crippen LogP contribution in [0.1, 0.15) is 176 Å². The van der Waals surface area contributed by atoms with Gasteiger partial charge in [0.1, 0.15) is 29.3 Å². The minimum Gasteiger partial charge on any atom is -0.508 e. The van der Waals surface area contributed by atoms with Crippen LogP contribution in [0.2, 0.25) is 0 Å². The molecule has 4 N–H and O–H groups in total. The maximum absolute atomic E-state index is 15.6. The van der Waals surface area contributed by atoms with E-state index in [1.54, 1.807) is 27.7 Å². The molecule has 3 aliphatic carbocycles. The molecule has 87 heavy (non-hydrogen) atoms. The van der Waals surface area contributed by atoms with Gasteiger partial charge in [0.15, 0.2) is 71.9 Å². The molecule has 21 atom stereocenters. The third-order valence-corrected chi connectivity index (χ3v) is 18.6. The zero-order valence-electron chi connectivity index (χ0n) is 50.8. The second-order valence-corrected chi connectivity index (χ2v) is 25.0. The third-order valence-electron chi connectivity index (χ3n) is 18.6. The van der Waals surface area contributed by atoms with Crippen LogP contribution < -0.4 is 0 Å². The van der Waals surface area contributed by atoms with Crippen LogP contribution in [0.4, 0.5) is 0 Å². The van der Waals surface area contributed by atoms with E-state index < -0.39 is 185 Å². The van der Waals surface area contributed by atoms with Gasteiger partial charge in [-0.25, -0.2) is 0 Å². The number of rotatable bonds is 17. The van der Waals surface area contributed by atoms with E-state index in [0.717, 1.165) is 13.0 Å². The van der Waals surface area contributed by atoms with Gasteiger partial charge in [-0.15, -0.1) is 0 Å². The first-order chi connectivity index (χ1) is 41.2. The molecular formula is C62H82O25. The summed E-state index contributed by atoms with van der Waals surface area (Å²) in [5.41, 5.74) is -6.28. The van der Waals surface area contributed by atoms with Gasteiger partial charge in [-0.2, -0.15) is 0 Å². The first-order valence-electron chi connectivity index (χ1n) is 30.5. The van der Waals surface area contributed by atoms with Crippen LogP contribution in [0.25, 0.3) is 0 Å². The molecule has 0 unspecified atom stereocenters. The number of aliphatic carboxylic acids is 1. The van der Waals surface area contributed by atoms with E-state index in [4.69, 9.17) is 66.3 Å². The average molecular weight is 1230 g/mol. The van der Waals surface area contributed by atoms with Gasteiger partial charge in [-0.3, -0.25) is 33.6 Å². The predicted octanol–water partition coefficient (Wildman–Crippen LogP) is 5.86. The summed E-state index contributed by atoms with van der Waals surface area (Å²) >= 11 is 0. The van der Waals surface area contributed by atoms with Crippen molar-refractivity contribution in [1.29, 1.82) is 0 Å². The molecule has 6 heterocycles. The van der Waals surface area contributed by atoms with Gasteiger partial charge < -0.3 is 86.7 Å². The van der Waals surface area contributed by atoms with Crippen LogP contribution in [0.15, 0.2) is 29.2 Å². The summed E-state index contributed by atoms with van der Waals surface area (Å²) in [6, 6.07) is 1.28. The number of carbonyl (C=O) groups excluding carboxylic acids is 6. The zero-order valence-corrected chi connectivity index (χ0v) is 50.8. The monoisotopic (exact) mass is 1230 g/mol. The van der Waals surface area contributed by atoms with Crippen LogP contribution in [0.5, 0.6) is 5.75 Å². The second kappa shape index (κ2) is 26.0. The number of methoxy groups -OCH3 is 1. The zero-order chi connectivity index (χ0) is 62.7. The van der Waals surface area contributed by atoms with Crippen molar-refractivity contribution in [3.05, 3.63) is 51.5 Å². The van der Waals surface area contributed by atoms with Crippen LogP contribution in [-0.4, -0.2) is 191 Å². The number of ether oxygens (including phenoxy) is 14. The van der Waals surface area contributed by atoms with E-state index in [0.29, 0.717) is 64.2 Å². The van der Waals surface area contributed by atoms with Gasteiger partial charge >= 0.3 is 11.9 Å². The number of aliphatic hydroxyl groups is 2. The Labute approximate surface area is 503 Å². The highest BCUT2D eigenvalue weighted by Crippen LogP contribution is 2.53. The molecule has 6 saturated heterocycles. The molecule has 10 rings (SSSR count). The molecule has 0 aromatic heterocycles. The minimum atomic E-state index is -2.65. The molecule has 25 nitrogen and oxygen atoms in total. The molecule has 480 valence electrons. The number of allylic oxidation sites excluding steroid dienone is 2. The highest BCUT2D eigenvalue weighted by Gasteiger charge is 2.66. The predicted molar refractivity (Wildman–Crippen MR) is 296 cm³/mol. The van der Waals surface area contributed by atoms with Crippen molar-refractivity contribution in [3.8, 4) is 5.75 Å². The highest BCUT2D eigenvalue weighted by molar-refractivity contribution is 6.28. The number of fused-ring (bicyclic) bond motifs is 3. The molecule has 1 aromatic rings. The Morgan fingerprint density at radius 3 is 1.48 bits per heavy atom. The number of aliphatic hydroxyl groups excluding tert-OH is 2. The van der Waals surface area contributed by atoms with E-state index >= 15 is 4.79 Å². The molecule has 0 spiro atoms. The lowest BCUT2D eigenvalue weighted by Crippen LogP contribution is -2.65. The maximum Gasteiger partial charge on any atom is 0.323 e. The lowest BCUT2D eigenvalue weighted by molar-refractivity contribution is -0.316. The van der Waals surface area contributed by atoms with Gasteiger partial charge in [0, 0.05) is 56.1 Å². The van der Waals surface area contributed by atoms with E-state index in [9.17, 15) is 49.2 Å². The Bertz CT molecular complexity index is 2900. The summed E-state index contributed by atoms with van der Waals surface area (Å²) in [6.45, 7) is 14.5. The fourth-order valence-electron chi connectivity index (χ4n) is 13.3. The normalized spacial score (nSPS) is 39.3. The number of carboxylic acids is 1. The quantitative estimate of drug-likeness (QED) is 0.0806. The van der Waals surface area contributed by atoms with Crippen molar-refractivity contribution in [2.75, 3.05) is 7.11 Å². The van der Waals surface area contributed by atoms with Gasteiger partial charge in [0.05, 0.1) is 85.4 Å². The Balaban J connectivity index is 0.781. The molecule has 1 aromatic carbocycles. The first kappa shape index (κ1) is 64.8. The van der Waals surface area contributed by atoms with Crippen molar-refractivity contribution < 1.29 is 120 Å². The van der Waals surface area contributed by atoms with Gasteiger partial charge in [0.25, 0.3) is 0 Å². The van der Waals surface area contributed by atoms with E-state index in [-0.39, 0.29) is 54.5 Å². The van der Waals surface area contributed by atoms with Crippen molar-refractivity contribution >= 4 is 40.9 Å². The van der Waals surface area contributed by atoms with Crippen LogP contribution in [-0.2, 0) is 91.9 Å². The Hall–Kier alpha value is -5.13. The fourth-order valence-corrected chi connectivity index (χ4v) is 13.3. The minimum absolute atomic E-state index is 0.0316. The smallest absolute Gasteiger partial charge is 0.323 e. The molecule has 6 fully saturated rings. The summed E-state index contributed by atoms with van der Waals surface area (Å²) in [4.78, 5) is 95.4. The van der Waals surface area contributed by atoms with Gasteiger partial charge in [-0.1, -0.05) is 0 Å². The summed E-state index contributed by atoms with van der Waals surface area (Å²) in [7, 11) is 1.21. The number of phenolic OH excluding ortho intramolecular Hbond substituents is 1. The largest absolute Gasteiger partial charge is 0.508 e. The molecular weight excluding hydrogens is 1140 g/mol. The third kappa shape index (κ3) is 12.8. The summed E-state index contributed by atoms with van der Waals surface area (Å²) < 4.78 is 87.0.